The average molecular weight is 389 g/mol. The first-order valence-electron chi connectivity index (χ1n) is 8.51. The van der Waals surface area contributed by atoms with Crippen LogP contribution < -0.4 is 10.6 Å². The zero-order valence-electron chi connectivity index (χ0n) is 14.8. The number of fused-ring (bicyclic) bond motifs is 1. The second-order valence-electron chi connectivity index (χ2n) is 6.42. The number of hydrogen-bond donors (Lipinski definition) is 2. The van der Waals surface area contributed by atoms with Crippen molar-refractivity contribution in [3.63, 3.8) is 0 Å². The molecule has 1 aliphatic heterocycles. The molecule has 0 radical (unpaired) electrons. The van der Waals surface area contributed by atoms with Crippen LogP contribution in [0.4, 0.5) is 0 Å². The molecule has 0 saturated carbocycles. The Bertz CT molecular complexity index is 854. The molecule has 0 spiro atoms. The Labute approximate surface area is 162 Å². The SMILES string of the molecule is Cc1ccc(C(=O)NCC(=O)NC2CCSc3ccc(Cl)cc32)cc1C. The highest BCUT2D eigenvalue weighted by Crippen LogP contribution is 2.37. The van der Waals surface area contributed by atoms with Crippen LogP contribution in [0.25, 0.3) is 0 Å². The van der Waals surface area contributed by atoms with Crippen molar-refractivity contribution in [3.05, 3.63) is 63.7 Å². The lowest BCUT2D eigenvalue weighted by Crippen LogP contribution is -2.39. The zero-order valence-corrected chi connectivity index (χ0v) is 16.3. The molecule has 2 aromatic rings. The minimum absolute atomic E-state index is 0.0503. The number of carbonyl (C=O) groups excluding carboxylic acids is 2. The van der Waals surface area contributed by atoms with Crippen LogP contribution in [0.3, 0.4) is 0 Å². The van der Waals surface area contributed by atoms with E-state index in [2.05, 4.69) is 10.6 Å². The Morgan fingerprint density at radius 2 is 1.96 bits per heavy atom. The second-order valence-corrected chi connectivity index (χ2v) is 7.99. The Balaban J connectivity index is 1.59. The van der Waals surface area contributed by atoms with E-state index in [1.165, 1.54) is 0 Å². The van der Waals surface area contributed by atoms with Gasteiger partial charge in [-0.3, -0.25) is 9.59 Å². The van der Waals surface area contributed by atoms with Crippen molar-refractivity contribution in [2.24, 2.45) is 0 Å². The zero-order chi connectivity index (χ0) is 18.7. The molecule has 2 amide bonds. The van der Waals surface area contributed by atoms with Gasteiger partial charge in [-0.1, -0.05) is 17.7 Å². The molecule has 136 valence electrons. The molecule has 0 aromatic heterocycles. The number of carbonyl (C=O) groups is 2. The van der Waals surface area contributed by atoms with Crippen LogP contribution >= 0.6 is 23.4 Å². The van der Waals surface area contributed by atoms with Crippen molar-refractivity contribution < 1.29 is 9.59 Å². The molecule has 6 heteroatoms. The van der Waals surface area contributed by atoms with Gasteiger partial charge in [0.25, 0.3) is 5.91 Å². The topological polar surface area (TPSA) is 58.2 Å². The Morgan fingerprint density at radius 3 is 2.73 bits per heavy atom. The molecule has 3 rings (SSSR count). The minimum atomic E-state index is -0.245. The predicted octanol–water partition coefficient (Wildman–Crippen LogP) is 4.04. The number of halogens is 1. The summed E-state index contributed by atoms with van der Waals surface area (Å²) in [5.74, 6) is 0.491. The summed E-state index contributed by atoms with van der Waals surface area (Å²) in [6.45, 7) is 3.91. The molecule has 26 heavy (non-hydrogen) atoms. The first kappa shape index (κ1) is 18.8. The first-order valence-corrected chi connectivity index (χ1v) is 9.87. The van der Waals surface area contributed by atoms with Gasteiger partial charge in [0.2, 0.25) is 5.91 Å². The smallest absolute Gasteiger partial charge is 0.251 e. The Morgan fingerprint density at radius 1 is 1.15 bits per heavy atom. The standard InChI is InChI=1S/C20H21ClN2O2S/c1-12-3-4-14(9-13(12)2)20(25)22-11-19(24)23-17-7-8-26-18-6-5-15(21)10-16(17)18/h3-6,9-10,17H,7-8,11H2,1-2H3,(H,22,25)(H,23,24). The lowest BCUT2D eigenvalue weighted by atomic mass is 10.0. The molecule has 4 nitrogen and oxygen atoms in total. The van der Waals surface area contributed by atoms with E-state index >= 15 is 0 Å². The van der Waals surface area contributed by atoms with Crippen molar-refractivity contribution in [2.45, 2.75) is 31.2 Å². The van der Waals surface area contributed by atoms with Crippen LogP contribution in [0.5, 0.6) is 0 Å². The Kier molecular flexibility index (Phi) is 5.89. The maximum absolute atomic E-state index is 12.3. The third-order valence-corrected chi connectivity index (χ3v) is 5.88. The molecular formula is C20H21ClN2O2S. The van der Waals surface area contributed by atoms with E-state index in [4.69, 9.17) is 11.6 Å². The average Bonchev–Trinajstić information content (AvgIpc) is 2.62. The highest BCUT2D eigenvalue weighted by molar-refractivity contribution is 7.99. The maximum Gasteiger partial charge on any atom is 0.251 e. The van der Waals surface area contributed by atoms with E-state index in [1.54, 1.807) is 17.8 Å². The van der Waals surface area contributed by atoms with Crippen LogP contribution in [-0.4, -0.2) is 24.1 Å². The van der Waals surface area contributed by atoms with Crippen LogP contribution in [0, 0.1) is 13.8 Å². The van der Waals surface area contributed by atoms with Gasteiger partial charge in [0.1, 0.15) is 0 Å². The van der Waals surface area contributed by atoms with Gasteiger partial charge in [0.05, 0.1) is 12.6 Å². The fourth-order valence-corrected chi connectivity index (χ4v) is 4.19. The van der Waals surface area contributed by atoms with Crippen molar-refractivity contribution in [1.29, 1.82) is 0 Å². The van der Waals surface area contributed by atoms with Crippen LogP contribution in [0.2, 0.25) is 5.02 Å². The molecule has 0 fully saturated rings. The van der Waals surface area contributed by atoms with Crippen molar-refractivity contribution in [3.8, 4) is 0 Å². The van der Waals surface area contributed by atoms with Gasteiger partial charge in [-0.15, -0.1) is 11.8 Å². The third-order valence-electron chi connectivity index (χ3n) is 4.53. The van der Waals surface area contributed by atoms with Gasteiger partial charge in [-0.2, -0.15) is 0 Å². The van der Waals surface area contributed by atoms with Crippen LogP contribution in [-0.2, 0) is 4.79 Å². The lowest BCUT2D eigenvalue weighted by molar-refractivity contribution is -0.120. The molecule has 0 bridgehead atoms. The Hall–Kier alpha value is -1.98. The number of nitrogens with one attached hydrogen (secondary N) is 2. The van der Waals surface area contributed by atoms with E-state index < -0.39 is 0 Å². The summed E-state index contributed by atoms with van der Waals surface area (Å²) in [6, 6.07) is 11.2. The summed E-state index contributed by atoms with van der Waals surface area (Å²) in [4.78, 5) is 25.7. The minimum Gasteiger partial charge on any atom is -0.348 e. The molecule has 1 aliphatic rings. The summed E-state index contributed by atoms with van der Waals surface area (Å²) in [5.41, 5.74) is 3.79. The molecule has 0 saturated heterocycles. The molecular weight excluding hydrogens is 368 g/mol. The quantitative estimate of drug-likeness (QED) is 0.831. The fraction of sp³-hybridized carbons (Fsp3) is 0.300. The highest BCUT2D eigenvalue weighted by Gasteiger charge is 2.22. The highest BCUT2D eigenvalue weighted by atomic mass is 35.5. The molecule has 2 aromatic carbocycles. The molecule has 1 atom stereocenters. The molecule has 0 aliphatic carbocycles. The number of thioether (sulfide) groups is 1. The maximum atomic E-state index is 12.3. The van der Waals surface area contributed by atoms with Crippen molar-refractivity contribution in [2.75, 3.05) is 12.3 Å². The molecule has 1 heterocycles. The predicted molar refractivity (Wildman–Crippen MR) is 106 cm³/mol. The van der Waals surface area contributed by atoms with Crippen LogP contribution in [0.1, 0.15) is 39.5 Å². The van der Waals surface area contributed by atoms with Gasteiger partial charge in [0.15, 0.2) is 0 Å². The van der Waals surface area contributed by atoms with Crippen molar-refractivity contribution in [1.82, 2.24) is 10.6 Å². The lowest BCUT2D eigenvalue weighted by Gasteiger charge is -2.26. The first-order chi connectivity index (χ1) is 12.4. The largest absolute Gasteiger partial charge is 0.348 e. The van der Waals surface area contributed by atoms with Gasteiger partial charge in [-0.25, -0.2) is 0 Å². The van der Waals surface area contributed by atoms with E-state index in [9.17, 15) is 9.59 Å². The van der Waals surface area contributed by atoms with E-state index in [1.807, 2.05) is 44.2 Å². The van der Waals surface area contributed by atoms with Crippen LogP contribution in [0.15, 0.2) is 41.3 Å². The number of benzene rings is 2. The summed E-state index contributed by atoms with van der Waals surface area (Å²) in [5, 5.41) is 6.35. The molecule has 2 N–H and O–H groups in total. The van der Waals surface area contributed by atoms with E-state index in [0.29, 0.717) is 10.6 Å². The summed E-state index contributed by atoms with van der Waals surface area (Å²) < 4.78 is 0. The van der Waals surface area contributed by atoms with Gasteiger partial charge in [0, 0.05) is 21.2 Å². The summed E-state index contributed by atoms with van der Waals surface area (Å²) in [7, 11) is 0. The van der Waals surface area contributed by atoms with Gasteiger partial charge >= 0.3 is 0 Å². The summed E-state index contributed by atoms with van der Waals surface area (Å²) >= 11 is 7.86. The summed E-state index contributed by atoms with van der Waals surface area (Å²) in [6.07, 6.45) is 0.842. The third kappa shape index (κ3) is 4.40. The number of rotatable bonds is 4. The van der Waals surface area contributed by atoms with Crippen molar-refractivity contribution >= 4 is 35.2 Å². The van der Waals surface area contributed by atoms with E-state index in [0.717, 1.165) is 33.8 Å². The van der Waals surface area contributed by atoms with Gasteiger partial charge < -0.3 is 10.6 Å². The normalized spacial score (nSPS) is 15.9. The second kappa shape index (κ2) is 8.14. The van der Waals surface area contributed by atoms with Gasteiger partial charge in [-0.05, 0) is 67.3 Å². The number of aryl methyl sites for hydroxylation is 2. The fourth-order valence-electron chi connectivity index (χ4n) is 2.91. The van der Waals surface area contributed by atoms with E-state index in [-0.39, 0.29) is 24.4 Å². The monoisotopic (exact) mass is 388 g/mol. The number of hydrogen-bond acceptors (Lipinski definition) is 3. The molecule has 1 unspecified atom stereocenters. The number of amides is 2.